The molecule has 140 valence electrons. The summed E-state index contributed by atoms with van der Waals surface area (Å²) in [5.41, 5.74) is -3.45. The van der Waals surface area contributed by atoms with Crippen molar-refractivity contribution in [2.45, 2.75) is 33.1 Å². The van der Waals surface area contributed by atoms with E-state index in [1.807, 2.05) is 0 Å². The van der Waals surface area contributed by atoms with E-state index in [1.54, 1.807) is 0 Å². The summed E-state index contributed by atoms with van der Waals surface area (Å²) in [6, 6.07) is 1.82. The quantitative estimate of drug-likeness (QED) is 0.744. The molecule has 0 aliphatic carbocycles. The van der Waals surface area contributed by atoms with Gasteiger partial charge in [0, 0.05) is 11.6 Å². The summed E-state index contributed by atoms with van der Waals surface area (Å²) in [5.74, 6) is -1.43. The zero-order valence-corrected chi connectivity index (χ0v) is 14.6. The second-order valence-electron chi connectivity index (χ2n) is 5.50. The van der Waals surface area contributed by atoms with Crippen molar-refractivity contribution in [2.75, 3.05) is 0 Å². The minimum atomic E-state index is -4.76. The highest BCUT2D eigenvalue weighted by molar-refractivity contribution is 6.32. The number of rotatable bonds is 4. The zero-order valence-electron chi connectivity index (χ0n) is 13.8. The van der Waals surface area contributed by atoms with Gasteiger partial charge in [-0.25, -0.2) is 4.39 Å². The van der Waals surface area contributed by atoms with Crippen LogP contribution in [0.2, 0.25) is 5.02 Å². The van der Waals surface area contributed by atoms with Crippen LogP contribution in [0.15, 0.2) is 23.1 Å². The third kappa shape index (κ3) is 3.87. The minimum Gasteiger partial charge on any atom is -0.481 e. The molecule has 1 atom stereocenters. The van der Waals surface area contributed by atoms with Crippen LogP contribution < -0.4 is 10.3 Å². The fraction of sp³-hybridized carbons (Fsp3) is 0.312. The van der Waals surface area contributed by atoms with Crippen LogP contribution in [-0.4, -0.2) is 21.7 Å². The third-order valence-electron chi connectivity index (χ3n) is 3.63. The van der Waals surface area contributed by atoms with Gasteiger partial charge >= 0.3 is 6.18 Å². The molecule has 1 aromatic carbocycles. The molecule has 2 aromatic rings. The van der Waals surface area contributed by atoms with Gasteiger partial charge in [-0.15, -0.1) is 0 Å². The van der Waals surface area contributed by atoms with E-state index in [-0.39, 0.29) is 16.6 Å². The maximum absolute atomic E-state index is 14.2. The summed E-state index contributed by atoms with van der Waals surface area (Å²) < 4.78 is 58.5. The summed E-state index contributed by atoms with van der Waals surface area (Å²) >= 11 is 5.86. The molecule has 1 aromatic heterocycles. The number of Topliss-reactive ketones (excluding diaryl/α,β-unsaturated/α-hetero) is 1. The van der Waals surface area contributed by atoms with E-state index in [4.69, 9.17) is 16.3 Å². The molecule has 10 heteroatoms. The van der Waals surface area contributed by atoms with Crippen LogP contribution in [0.4, 0.5) is 17.6 Å². The molecule has 0 amide bonds. The van der Waals surface area contributed by atoms with Crippen LogP contribution in [0.5, 0.6) is 5.75 Å². The first-order valence-corrected chi connectivity index (χ1v) is 7.64. The smallest absolute Gasteiger partial charge is 0.418 e. The SMILES string of the molecule is CC(=O)C(C)Oc1cc(-n2ncc(C(F)(F)F)c(C)c2=O)c(F)cc1Cl. The molecule has 0 bridgehead atoms. The average Bonchev–Trinajstić information content (AvgIpc) is 2.51. The molecule has 2 rings (SSSR count). The monoisotopic (exact) mass is 392 g/mol. The van der Waals surface area contributed by atoms with Crippen LogP contribution >= 0.6 is 11.6 Å². The fourth-order valence-electron chi connectivity index (χ4n) is 2.04. The predicted molar refractivity (Wildman–Crippen MR) is 85.3 cm³/mol. The Morgan fingerprint density at radius 3 is 2.50 bits per heavy atom. The molecular weight excluding hydrogens is 380 g/mol. The molecule has 1 heterocycles. The lowest BCUT2D eigenvalue weighted by Crippen LogP contribution is -2.28. The zero-order chi connectivity index (χ0) is 19.8. The van der Waals surface area contributed by atoms with Crippen LogP contribution in [0, 0.1) is 12.7 Å². The summed E-state index contributed by atoms with van der Waals surface area (Å²) in [6.45, 7) is 3.68. The molecule has 0 aliphatic heterocycles. The molecule has 5 nitrogen and oxygen atoms in total. The molecule has 0 fully saturated rings. The fourth-order valence-corrected chi connectivity index (χ4v) is 2.24. The summed E-state index contributed by atoms with van der Waals surface area (Å²) in [5, 5.41) is 3.23. The van der Waals surface area contributed by atoms with Crippen molar-refractivity contribution < 1.29 is 27.1 Å². The van der Waals surface area contributed by atoms with Gasteiger partial charge in [0.15, 0.2) is 17.7 Å². The van der Waals surface area contributed by atoms with Crippen molar-refractivity contribution in [1.29, 1.82) is 0 Å². The third-order valence-corrected chi connectivity index (χ3v) is 3.93. The number of hydrogen-bond acceptors (Lipinski definition) is 4. The molecule has 0 saturated carbocycles. The topological polar surface area (TPSA) is 61.2 Å². The lowest BCUT2D eigenvalue weighted by Gasteiger charge is -2.16. The first-order valence-electron chi connectivity index (χ1n) is 7.26. The Morgan fingerprint density at radius 1 is 1.35 bits per heavy atom. The van der Waals surface area contributed by atoms with Gasteiger partial charge in [-0.3, -0.25) is 9.59 Å². The van der Waals surface area contributed by atoms with Gasteiger partial charge in [-0.1, -0.05) is 11.6 Å². The Kier molecular flexibility index (Phi) is 5.41. The van der Waals surface area contributed by atoms with Crippen molar-refractivity contribution in [2.24, 2.45) is 0 Å². The second kappa shape index (κ2) is 7.06. The van der Waals surface area contributed by atoms with Crippen molar-refractivity contribution in [3.05, 3.63) is 50.7 Å². The lowest BCUT2D eigenvalue weighted by atomic mass is 10.2. The highest BCUT2D eigenvalue weighted by Gasteiger charge is 2.34. The molecule has 0 aliphatic rings. The van der Waals surface area contributed by atoms with E-state index in [9.17, 15) is 27.2 Å². The van der Waals surface area contributed by atoms with Crippen LogP contribution in [0.25, 0.3) is 5.69 Å². The Bertz CT molecular complexity index is 925. The van der Waals surface area contributed by atoms with Crippen molar-refractivity contribution in [3.63, 3.8) is 0 Å². The standard InChI is InChI=1S/C16H13ClF4N2O3/c1-7-10(16(19,20)21)6-22-23(15(7)25)13-5-14(11(17)4-12(13)18)26-9(3)8(2)24/h4-6,9H,1-3H3. The predicted octanol–water partition coefficient (Wildman–Crippen LogP) is 3.71. The number of aromatic nitrogens is 2. The van der Waals surface area contributed by atoms with Crippen molar-refractivity contribution in [3.8, 4) is 11.4 Å². The normalized spacial score (nSPS) is 12.8. The molecular formula is C16H13ClF4N2O3. The highest BCUT2D eigenvalue weighted by Crippen LogP contribution is 2.32. The number of benzene rings is 1. The summed E-state index contributed by atoms with van der Waals surface area (Å²) in [4.78, 5) is 23.5. The molecule has 0 saturated heterocycles. The Morgan fingerprint density at radius 2 is 1.96 bits per heavy atom. The minimum absolute atomic E-state index is 0.114. The number of hydrogen-bond donors (Lipinski definition) is 0. The Hall–Kier alpha value is -2.42. The van der Waals surface area contributed by atoms with Crippen LogP contribution in [-0.2, 0) is 11.0 Å². The first kappa shape index (κ1) is 19.9. The van der Waals surface area contributed by atoms with Gasteiger partial charge in [-0.2, -0.15) is 23.0 Å². The van der Waals surface area contributed by atoms with Gasteiger partial charge in [0.2, 0.25) is 0 Å². The van der Waals surface area contributed by atoms with E-state index in [0.717, 1.165) is 19.1 Å². The largest absolute Gasteiger partial charge is 0.481 e. The van der Waals surface area contributed by atoms with E-state index in [1.165, 1.54) is 13.8 Å². The van der Waals surface area contributed by atoms with Crippen LogP contribution in [0.3, 0.4) is 0 Å². The van der Waals surface area contributed by atoms with E-state index >= 15 is 0 Å². The second-order valence-corrected chi connectivity index (χ2v) is 5.91. The first-order chi connectivity index (χ1) is 11.9. The Balaban J connectivity index is 2.61. The Labute approximate surface area is 150 Å². The number of ketones is 1. The van der Waals surface area contributed by atoms with Gasteiger partial charge in [-0.05, 0) is 26.8 Å². The molecule has 1 unspecified atom stereocenters. The lowest BCUT2D eigenvalue weighted by molar-refractivity contribution is -0.138. The van der Waals surface area contributed by atoms with Crippen LogP contribution in [0.1, 0.15) is 25.0 Å². The van der Waals surface area contributed by atoms with E-state index < -0.39 is 40.5 Å². The van der Waals surface area contributed by atoms with Crippen molar-refractivity contribution >= 4 is 17.4 Å². The van der Waals surface area contributed by atoms with Crippen molar-refractivity contribution in [1.82, 2.24) is 9.78 Å². The van der Waals surface area contributed by atoms with Gasteiger partial charge < -0.3 is 4.74 Å². The molecule has 0 spiro atoms. The number of alkyl halides is 3. The maximum Gasteiger partial charge on any atom is 0.418 e. The maximum atomic E-state index is 14.2. The molecule has 0 N–H and O–H groups in total. The highest BCUT2D eigenvalue weighted by atomic mass is 35.5. The number of nitrogens with zero attached hydrogens (tertiary/aromatic N) is 2. The molecule has 0 radical (unpaired) electrons. The number of carbonyl (C=O) groups excluding carboxylic acids is 1. The van der Waals surface area contributed by atoms with Gasteiger partial charge in [0.25, 0.3) is 5.56 Å². The summed E-state index contributed by atoms with van der Waals surface area (Å²) in [7, 11) is 0. The summed E-state index contributed by atoms with van der Waals surface area (Å²) in [6.07, 6.45) is -5.23. The number of halogens is 5. The van der Waals surface area contributed by atoms with E-state index in [0.29, 0.717) is 10.9 Å². The number of ether oxygens (including phenoxy) is 1. The van der Waals surface area contributed by atoms with Gasteiger partial charge in [0.1, 0.15) is 11.4 Å². The average molecular weight is 393 g/mol. The number of carbonyl (C=O) groups is 1. The molecule has 26 heavy (non-hydrogen) atoms. The van der Waals surface area contributed by atoms with Gasteiger partial charge in [0.05, 0.1) is 16.8 Å². The van der Waals surface area contributed by atoms with E-state index in [2.05, 4.69) is 5.10 Å².